The number of rotatable bonds is 4. The summed E-state index contributed by atoms with van der Waals surface area (Å²) < 4.78 is 42.6. The molecular formula is C18H15F3N6O2. The Labute approximate surface area is 162 Å². The molecule has 1 aliphatic heterocycles. The summed E-state index contributed by atoms with van der Waals surface area (Å²) in [5.74, 6) is 0.141. The second-order valence-corrected chi connectivity index (χ2v) is 6.47. The van der Waals surface area contributed by atoms with Gasteiger partial charge in [-0.25, -0.2) is 4.98 Å². The van der Waals surface area contributed by atoms with Crippen LogP contribution in [0.5, 0.6) is 5.88 Å². The second-order valence-electron chi connectivity index (χ2n) is 6.47. The number of alkyl halides is 3. The van der Waals surface area contributed by atoms with E-state index in [1.807, 2.05) is 0 Å². The Balaban J connectivity index is 1.63. The van der Waals surface area contributed by atoms with Crippen molar-refractivity contribution in [3.05, 3.63) is 47.4 Å². The van der Waals surface area contributed by atoms with E-state index in [-0.39, 0.29) is 18.3 Å². The van der Waals surface area contributed by atoms with Crippen LogP contribution in [-0.2, 0) is 13.1 Å². The van der Waals surface area contributed by atoms with E-state index in [2.05, 4.69) is 20.2 Å². The molecule has 0 unspecified atom stereocenters. The van der Waals surface area contributed by atoms with Crippen molar-refractivity contribution in [3.63, 3.8) is 0 Å². The molecule has 0 bridgehead atoms. The van der Waals surface area contributed by atoms with Crippen molar-refractivity contribution in [2.45, 2.75) is 26.2 Å². The van der Waals surface area contributed by atoms with Crippen molar-refractivity contribution in [1.82, 2.24) is 25.0 Å². The van der Waals surface area contributed by atoms with E-state index in [0.29, 0.717) is 33.2 Å². The molecule has 0 radical (unpaired) electrons. The van der Waals surface area contributed by atoms with Gasteiger partial charge in [-0.15, -0.1) is 5.10 Å². The highest BCUT2D eigenvalue weighted by Gasteiger charge is 2.35. The summed E-state index contributed by atoms with van der Waals surface area (Å²) in [6.45, 7) is 0.549. The van der Waals surface area contributed by atoms with Crippen LogP contribution in [0.15, 0.2) is 30.6 Å². The van der Waals surface area contributed by atoms with Crippen molar-refractivity contribution in [3.8, 4) is 17.1 Å². The van der Waals surface area contributed by atoms with Crippen LogP contribution in [-0.4, -0.2) is 44.2 Å². The number of ether oxygens (including phenoxy) is 1. The first-order chi connectivity index (χ1) is 13.7. The molecule has 8 nitrogen and oxygen atoms in total. The molecule has 1 aliphatic rings. The van der Waals surface area contributed by atoms with Gasteiger partial charge in [0.25, 0.3) is 5.91 Å². The SMILES string of the molecule is COc1ccc(-c2cc(C)c3c(n2)CN(c2cnn(CC(F)(F)F)n2)C3=O)cn1. The summed E-state index contributed by atoms with van der Waals surface area (Å²) in [5, 5.41) is 7.38. The monoisotopic (exact) mass is 404 g/mol. The normalized spacial score (nSPS) is 13.7. The molecule has 0 saturated carbocycles. The molecule has 0 aromatic carbocycles. The van der Waals surface area contributed by atoms with Gasteiger partial charge in [-0.2, -0.15) is 23.1 Å². The van der Waals surface area contributed by atoms with Gasteiger partial charge in [-0.3, -0.25) is 14.7 Å². The van der Waals surface area contributed by atoms with E-state index in [9.17, 15) is 18.0 Å². The number of aryl methyl sites for hydroxylation is 1. The Morgan fingerprint density at radius 1 is 1.24 bits per heavy atom. The zero-order chi connectivity index (χ0) is 20.8. The molecule has 29 heavy (non-hydrogen) atoms. The zero-order valence-electron chi connectivity index (χ0n) is 15.4. The van der Waals surface area contributed by atoms with Gasteiger partial charge in [-0.05, 0) is 24.6 Å². The van der Waals surface area contributed by atoms with Gasteiger partial charge in [0.15, 0.2) is 12.4 Å². The van der Waals surface area contributed by atoms with Crippen LogP contribution >= 0.6 is 0 Å². The topological polar surface area (TPSA) is 86.0 Å². The van der Waals surface area contributed by atoms with Crippen LogP contribution in [0.2, 0.25) is 0 Å². The molecule has 4 heterocycles. The molecule has 11 heteroatoms. The molecule has 3 aromatic rings. The molecule has 3 aromatic heterocycles. The number of carbonyl (C=O) groups excluding carboxylic acids is 1. The lowest BCUT2D eigenvalue weighted by Gasteiger charge is -2.10. The maximum atomic E-state index is 12.8. The minimum absolute atomic E-state index is 0.0457. The highest BCUT2D eigenvalue weighted by Crippen LogP contribution is 2.31. The van der Waals surface area contributed by atoms with Gasteiger partial charge >= 0.3 is 6.18 Å². The highest BCUT2D eigenvalue weighted by atomic mass is 19.4. The number of fused-ring (bicyclic) bond motifs is 1. The number of nitrogens with zero attached hydrogens (tertiary/aromatic N) is 6. The predicted octanol–water partition coefficient (Wildman–Crippen LogP) is 2.77. The number of hydrogen-bond donors (Lipinski definition) is 0. The smallest absolute Gasteiger partial charge is 0.409 e. The molecule has 0 N–H and O–H groups in total. The molecule has 150 valence electrons. The Morgan fingerprint density at radius 3 is 2.69 bits per heavy atom. The fourth-order valence-electron chi connectivity index (χ4n) is 3.14. The standard InChI is InChI=1S/C18H15F3N6O2/c1-10-5-12(11-3-4-15(29-2)22-6-11)24-13-8-26(17(28)16(10)13)14-7-23-27(25-14)9-18(19,20)21/h3-7H,8-9H2,1-2H3. The van der Waals surface area contributed by atoms with Gasteiger partial charge < -0.3 is 4.74 Å². The predicted molar refractivity (Wildman–Crippen MR) is 95.3 cm³/mol. The number of pyridine rings is 2. The molecule has 4 rings (SSSR count). The van der Waals surface area contributed by atoms with E-state index < -0.39 is 12.7 Å². The third-order valence-electron chi connectivity index (χ3n) is 4.42. The number of amides is 1. The molecule has 1 amide bonds. The summed E-state index contributed by atoms with van der Waals surface area (Å²) in [5.41, 5.74) is 3.02. The maximum absolute atomic E-state index is 12.8. The number of hydrogen-bond acceptors (Lipinski definition) is 6. The first-order valence-corrected chi connectivity index (χ1v) is 8.55. The first-order valence-electron chi connectivity index (χ1n) is 8.55. The average molecular weight is 404 g/mol. The fourth-order valence-corrected chi connectivity index (χ4v) is 3.14. The Kier molecular flexibility index (Phi) is 4.44. The number of anilines is 1. The van der Waals surface area contributed by atoms with Gasteiger partial charge in [-0.1, -0.05) is 0 Å². The Hall–Kier alpha value is -3.50. The van der Waals surface area contributed by atoms with E-state index in [0.717, 1.165) is 11.8 Å². The lowest BCUT2D eigenvalue weighted by atomic mass is 10.1. The van der Waals surface area contributed by atoms with Crippen molar-refractivity contribution in [2.24, 2.45) is 0 Å². The van der Waals surface area contributed by atoms with Crippen molar-refractivity contribution in [1.29, 1.82) is 0 Å². The van der Waals surface area contributed by atoms with Crippen LogP contribution in [0.3, 0.4) is 0 Å². The molecule has 0 spiro atoms. The molecule has 0 fully saturated rings. The van der Waals surface area contributed by atoms with Crippen molar-refractivity contribution < 1.29 is 22.7 Å². The number of methoxy groups -OCH3 is 1. The Morgan fingerprint density at radius 2 is 2.03 bits per heavy atom. The summed E-state index contributed by atoms with van der Waals surface area (Å²) in [6.07, 6.45) is -1.70. The summed E-state index contributed by atoms with van der Waals surface area (Å²) in [4.78, 5) is 23.3. The third-order valence-corrected chi connectivity index (χ3v) is 4.42. The maximum Gasteiger partial charge on any atom is 0.409 e. The van der Waals surface area contributed by atoms with E-state index in [1.165, 1.54) is 12.0 Å². The van der Waals surface area contributed by atoms with Crippen LogP contribution in [0.4, 0.5) is 19.0 Å². The minimum atomic E-state index is -4.45. The fraction of sp³-hybridized carbons (Fsp3) is 0.278. The highest BCUT2D eigenvalue weighted by molar-refractivity contribution is 6.10. The second kappa shape index (κ2) is 6.83. The van der Waals surface area contributed by atoms with Gasteiger partial charge in [0.2, 0.25) is 5.88 Å². The quantitative estimate of drug-likeness (QED) is 0.665. The van der Waals surface area contributed by atoms with Gasteiger partial charge in [0.1, 0.15) is 0 Å². The van der Waals surface area contributed by atoms with Gasteiger partial charge in [0, 0.05) is 17.8 Å². The lowest BCUT2D eigenvalue weighted by Crippen LogP contribution is -2.25. The summed E-state index contributed by atoms with van der Waals surface area (Å²) in [6, 6.07) is 5.28. The summed E-state index contributed by atoms with van der Waals surface area (Å²) in [7, 11) is 1.52. The van der Waals surface area contributed by atoms with Crippen molar-refractivity contribution in [2.75, 3.05) is 12.0 Å². The van der Waals surface area contributed by atoms with Crippen LogP contribution < -0.4 is 9.64 Å². The first kappa shape index (κ1) is 18.8. The van der Waals surface area contributed by atoms with Crippen LogP contribution in [0.25, 0.3) is 11.3 Å². The van der Waals surface area contributed by atoms with E-state index >= 15 is 0 Å². The van der Waals surface area contributed by atoms with Gasteiger partial charge in [0.05, 0.1) is 36.8 Å². The third kappa shape index (κ3) is 3.62. The van der Waals surface area contributed by atoms with Crippen LogP contribution in [0, 0.1) is 6.92 Å². The number of carbonyl (C=O) groups is 1. The lowest BCUT2D eigenvalue weighted by molar-refractivity contribution is -0.144. The zero-order valence-corrected chi connectivity index (χ0v) is 15.4. The molecular weight excluding hydrogens is 389 g/mol. The van der Waals surface area contributed by atoms with E-state index in [1.54, 1.807) is 31.3 Å². The number of halogens is 3. The van der Waals surface area contributed by atoms with Crippen LogP contribution in [0.1, 0.15) is 21.6 Å². The number of aromatic nitrogens is 5. The minimum Gasteiger partial charge on any atom is -0.481 e. The molecule has 0 atom stereocenters. The van der Waals surface area contributed by atoms with Crippen molar-refractivity contribution >= 4 is 11.7 Å². The summed E-state index contributed by atoms with van der Waals surface area (Å²) >= 11 is 0. The largest absolute Gasteiger partial charge is 0.481 e. The van der Waals surface area contributed by atoms with E-state index in [4.69, 9.17) is 4.74 Å². The average Bonchev–Trinajstić information content (AvgIpc) is 3.24. The molecule has 0 saturated heterocycles. The Bertz CT molecular complexity index is 1080. The molecule has 0 aliphatic carbocycles.